The van der Waals surface area contributed by atoms with Crippen molar-refractivity contribution in [1.82, 2.24) is 20.3 Å². The standard InChI is InChI=1S/C16H16N4O2/c21-14-7-13(18-15(20-14)9-3-4-9)16(22)19-12-6-11(12)10-2-1-5-17-8-10/h1-2,5,7-9,11-12H,3-4,6H2,(H,19,22)(H,18,20,21)/t11-,12+/m1/s1. The molecule has 2 fully saturated rings. The molecule has 0 saturated heterocycles. The van der Waals surface area contributed by atoms with E-state index in [1.807, 2.05) is 18.3 Å². The molecule has 1 amide bonds. The van der Waals surface area contributed by atoms with Gasteiger partial charge >= 0.3 is 0 Å². The molecule has 2 aromatic heterocycles. The van der Waals surface area contributed by atoms with Crippen LogP contribution < -0.4 is 10.9 Å². The molecule has 6 heteroatoms. The maximum absolute atomic E-state index is 12.3. The first-order chi connectivity index (χ1) is 10.7. The molecule has 0 bridgehead atoms. The summed E-state index contributed by atoms with van der Waals surface area (Å²) in [5.41, 5.74) is 1.08. The van der Waals surface area contributed by atoms with Crippen molar-refractivity contribution in [3.63, 3.8) is 0 Å². The zero-order valence-corrected chi connectivity index (χ0v) is 12.0. The molecule has 112 valence electrons. The predicted octanol–water partition coefficient (Wildman–Crippen LogP) is 1.33. The van der Waals surface area contributed by atoms with Crippen LogP contribution in [0.25, 0.3) is 0 Å². The summed E-state index contributed by atoms with van der Waals surface area (Å²) < 4.78 is 0. The third kappa shape index (κ3) is 2.64. The van der Waals surface area contributed by atoms with Crippen molar-refractivity contribution >= 4 is 5.91 Å². The molecule has 2 aliphatic rings. The van der Waals surface area contributed by atoms with Gasteiger partial charge in [0.1, 0.15) is 11.5 Å². The van der Waals surface area contributed by atoms with Gasteiger partial charge in [0.2, 0.25) is 0 Å². The summed E-state index contributed by atoms with van der Waals surface area (Å²) in [6.07, 6.45) is 6.52. The van der Waals surface area contributed by atoms with Crippen LogP contribution in [0.3, 0.4) is 0 Å². The van der Waals surface area contributed by atoms with Gasteiger partial charge in [0.25, 0.3) is 11.5 Å². The summed E-state index contributed by atoms with van der Waals surface area (Å²) in [5, 5.41) is 2.95. The van der Waals surface area contributed by atoms with Gasteiger partial charge in [0.05, 0.1) is 0 Å². The van der Waals surface area contributed by atoms with E-state index in [9.17, 15) is 9.59 Å². The normalized spacial score (nSPS) is 23.1. The fourth-order valence-corrected chi connectivity index (χ4v) is 2.70. The number of aromatic nitrogens is 3. The molecule has 0 radical (unpaired) electrons. The van der Waals surface area contributed by atoms with E-state index in [4.69, 9.17) is 0 Å². The SMILES string of the molecule is O=C(N[C@H]1C[C@@H]1c1cccnc1)c1cc(=O)[nH]c(C2CC2)n1. The molecular formula is C16H16N4O2. The Morgan fingerprint density at radius 1 is 1.36 bits per heavy atom. The second-order valence-corrected chi connectivity index (χ2v) is 6.00. The average molecular weight is 296 g/mol. The molecule has 2 saturated carbocycles. The lowest BCUT2D eigenvalue weighted by Crippen LogP contribution is -2.29. The highest BCUT2D eigenvalue weighted by Gasteiger charge is 2.40. The first kappa shape index (κ1) is 13.2. The van der Waals surface area contributed by atoms with Crippen LogP contribution in [-0.4, -0.2) is 26.9 Å². The topological polar surface area (TPSA) is 87.7 Å². The maximum Gasteiger partial charge on any atom is 0.270 e. The van der Waals surface area contributed by atoms with Crippen molar-refractivity contribution in [2.45, 2.75) is 37.1 Å². The number of hydrogen-bond acceptors (Lipinski definition) is 4. The summed E-state index contributed by atoms with van der Waals surface area (Å²) in [7, 11) is 0. The third-order valence-electron chi connectivity index (χ3n) is 4.18. The Hall–Kier alpha value is -2.50. The number of amides is 1. The van der Waals surface area contributed by atoms with Crippen LogP contribution >= 0.6 is 0 Å². The fraction of sp³-hybridized carbons (Fsp3) is 0.375. The Morgan fingerprint density at radius 2 is 2.23 bits per heavy atom. The van der Waals surface area contributed by atoms with E-state index >= 15 is 0 Å². The van der Waals surface area contributed by atoms with E-state index in [1.54, 1.807) is 6.20 Å². The van der Waals surface area contributed by atoms with E-state index in [-0.39, 0.29) is 23.2 Å². The minimum absolute atomic E-state index is 0.0992. The molecule has 22 heavy (non-hydrogen) atoms. The average Bonchev–Trinajstić information content (AvgIpc) is 3.42. The van der Waals surface area contributed by atoms with E-state index in [2.05, 4.69) is 20.3 Å². The van der Waals surface area contributed by atoms with Crippen molar-refractivity contribution in [2.24, 2.45) is 0 Å². The summed E-state index contributed by atoms with van der Waals surface area (Å²) in [4.78, 5) is 35.0. The molecule has 2 N–H and O–H groups in total. The van der Waals surface area contributed by atoms with Crippen molar-refractivity contribution in [3.05, 3.63) is 58.0 Å². The smallest absolute Gasteiger partial charge is 0.270 e. The van der Waals surface area contributed by atoms with E-state index in [0.29, 0.717) is 17.7 Å². The molecular weight excluding hydrogens is 280 g/mol. The number of hydrogen-bond donors (Lipinski definition) is 2. The maximum atomic E-state index is 12.3. The zero-order chi connectivity index (χ0) is 15.1. The minimum Gasteiger partial charge on any atom is -0.347 e. The molecule has 2 aromatic rings. The zero-order valence-electron chi connectivity index (χ0n) is 12.0. The first-order valence-corrected chi connectivity index (χ1v) is 7.53. The van der Waals surface area contributed by atoms with Crippen LogP contribution in [0.15, 0.2) is 35.4 Å². The Labute approximate surface area is 127 Å². The van der Waals surface area contributed by atoms with Crippen LogP contribution in [0.2, 0.25) is 0 Å². The third-order valence-corrected chi connectivity index (χ3v) is 4.18. The highest BCUT2D eigenvalue weighted by Crippen LogP contribution is 2.40. The van der Waals surface area contributed by atoms with Gasteiger partial charge in [-0.25, -0.2) is 4.98 Å². The van der Waals surface area contributed by atoms with Crippen molar-refractivity contribution in [3.8, 4) is 0 Å². The molecule has 2 atom stereocenters. The quantitative estimate of drug-likeness (QED) is 0.891. The molecule has 2 aliphatic carbocycles. The Balaban J connectivity index is 1.46. The lowest BCUT2D eigenvalue weighted by molar-refractivity contribution is 0.0944. The van der Waals surface area contributed by atoms with E-state index < -0.39 is 0 Å². The number of nitrogens with zero attached hydrogens (tertiary/aromatic N) is 2. The molecule has 4 rings (SSSR count). The van der Waals surface area contributed by atoms with Crippen LogP contribution in [0, 0.1) is 0 Å². The first-order valence-electron chi connectivity index (χ1n) is 7.53. The molecule has 0 unspecified atom stereocenters. The lowest BCUT2D eigenvalue weighted by atomic mass is 10.2. The van der Waals surface area contributed by atoms with Gasteiger partial charge in [-0.15, -0.1) is 0 Å². The highest BCUT2D eigenvalue weighted by molar-refractivity contribution is 5.92. The van der Waals surface area contributed by atoms with Gasteiger partial charge < -0.3 is 10.3 Å². The fourth-order valence-electron chi connectivity index (χ4n) is 2.70. The number of H-pyrrole nitrogens is 1. The Morgan fingerprint density at radius 3 is 2.95 bits per heavy atom. The summed E-state index contributed by atoms with van der Waals surface area (Å²) in [6, 6.07) is 5.28. The van der Waals surface area contributed by atoms with Crippen LogP contribution in [0.4, 0.5) is 0 Å². The number of carbonyl (C=O) groups is 1. The molecule has 6 nitrogen and oxygen atoms in total. The highest BCUT2D eigenvalue weighted by atomic mass is 16.2. The monoisotopic (exact) mass is 296 g/mol. The molecule has 0 aliphatic heterocycles. The largest absolute Gasteiger partial charge is 0.347 e. The number of aromatic amines is 1. The van der Waals surface area contributed by atoms with Crippen molar-refractivity contribution < 1.29 is 4.79 Å². The van der Waals surface area contributed by atoms with Crippen LogP contribution in [0.1, 0.15) is 53.0 Å². The molecule has 2 heterocycles. The van der Waals surface area contributed by atoms with Gasteiger partial charge in [0.15, 0.2) is 0 Å². The summed E-state index contributed by atoms with van der Waals surface area (Å²) in [5.74, 6) is 0.980. The van der Waals surface area contributed by atoms with Gasteiger partial charge in [-0.1, -0.05) is 6.07 Å². The Bertz CT molecular complexity index is 767. The summed E-state index contributed by atoms with van der Waals surface area (Å²) in [6.45, 7) is 0. The van der Waals surface area contributed by atoms with Crippen LogP contribution in [-0.2, 0) is 0 Å². The van der Waals surface area contributed by atoms with E-state index in [0.717, 1.165) is 24.8 Å². The van der Waals surface area contributed by atoms with E-state index in [1.165, 1.54) is 6.07 Å². The Kier molecular flexibility index (Phi) is 3.03. The van der Waals surface area contributed by atoms with Gasteiger partial charge in [-0.05, 0) is 30.9 Å². The van der Waals surface area contributed by atoms with Crippen molar-refractivity contribution in [2.75, 3.05) is 0 Å². The van der Waals surface area contributed by atoms with Gasteiger partial charge in [0, 0.05) is 36.3 Å². The van der Waals surface area contributed by atoms with Gasteiger partial charge in [-0.2, -0.15) is 0 Å². The predicted molar refractivity (Wildman–Crippen MR) is 79.7 cm³/mol. The number of nitrogens with one attached hydrogen (secondary N) is 2. The number of rotatable bonds is 4. The molecule has 0 aromatic carbocycles. The molecule has 0 spiro atoms. The van der Waals surface area contributed by atoms with Gasteiger partial charge in [-0.3, -0.25) is 14.6 Å². The van der Waals surface area contributed by atoms with Crippen LogP contribution in [0.5, 0.6) is 0 Å². The van der Waals surface area contributed by atoms with Crippen molar-refractivity contribution in [1.29, 1.82) is 0 Å². The number of pyridine rings is 1. The summed E-state index contributed by atoms with van der Waals surface area (Å²) >= 11 is 0. The second kappa shape index (κ2) is 5.05. The minimum atomic E-state index is -0.274. The second-order valence-electron chi connectivity index (χ2n) is 6.00. The number of carbonyl (C=O) groups excluding carboxylic acids is 1. The lowest BCUT2D eigenvalue weighted by Gasteiger charge is -2.05.